The highest BCUT2D eigenvalue weighted by Crippen LogP contribution is 2.34. The fourth-order valence-corrected chi connectivity index (χ4v) is 5.47. The number of nitrogens with one attached hydrogen (secondary N) is 2. The zero-order valence-corrected chi connectivity index (χ0v) is 23.0. The molecule has 3 aromatic rings. The van der Waals surface area contributed by atoms with E-state index < -0.39 is 23.3 Å². The Labute approximate surface area is 236 Å². The number of carbonyl (C=O) groups is 1. The summed E-state index contributed by atoms with van der Waals surface area (Å²) in [5.74, 6) is -0.630. The van der Waals surface area contributed by atoms with Crippen molar-refractivity contribution >= 4 is 29.0 Å². The number of amides is 1. The van der Waals surface area contributed by atoms with Crippen LogP contribution in [0.15, 0.2) is 48.8 Å². The van der Waals surface area contributed by atoms with Crippen molar-refractivity contribution < 1.29 is 22.4 Å². The fraction of sp³-hybridized carbons (Fsp3) is 0.448. The number of carbonyl (C=O) groups excluding carboxylic acids is 1. The second-order valence-electron chi connectivity index (χ2n) is 11.0. The van der Waals surface area contributed by atoms with E-state index in [0.29, 0.717) is 24.6 Å². The summed E-state index contributed by atoms with van der Waals surface area (Å²) in [6.45, 7) is 3.40. The van der Waals surface area contributed by atoms with Crippen molar-refractivity contribution in [1.29, 1.82) is 0 Å². The topological polar surface area (TPSA) is 86.3 Å². The first-order valence-corrected chi connectivity index (χ1v) is 13.7. The molecule has 1 amide bonds. The molecule has 0 bridgehead atoms. The molecule has 0 radical (unpaired) electrons. The molecule has 2 aromatic heterocycles. The number of piperidine rings is 1. The number of rotatable bonds is 7. The standard InChI is InChI=1S/C29H33F4N7O/c1-28(38-23-10-6-5-9-22(23)30)13-15-40(16-14-28)24-12-11-19(17-34-24)36-26(41)21-18-35-27(37-25(21)29(31,32)33)39(2)20-7-3-4-8-20/h5-6,9-12,17-18,20,38H,3-4,7-8,13-16H2,1-2H3,(H,36,41). The Bertz CT molecular complexity index is 1370. The van der Waals surface area contributed by atoms with Crippen LogP contribution in [0.2, 0.25) is 0 Å². The third-order valence-corrected chi connectivity index (χ3v) is 7.98. The maximum absolute atomic E-state index is 14.1. The highest BCUT2D eigenvalue weighted by atomic mass is 19.4. The van der Waals surface area contributed by atoms with Crippen LogP contribution in [0, 0.1) is 5.82 Å². The Balaban J connectivity index is 1.23. The van der Waals surface area contributed by atoms with E-state index in [1.807, 2.05) is 0 Å². The molecule has 3 heterocycles. The van der Waals surface area contributed by atoms with Gasteiger partial charge in [0.2, 0.25) is 5.95 Å². The monoisotopic (exact) mass is 571 g/mol. The van der Waals surface area contributed by atoms with Crippen LogP contribution >= 0.6 is 0 Å². The van der Waals surface area contributed by atoms with Crippen LogP contribution in [0.4, 0.5) is 40.7 Å². The number of benzene rings is 1. The number of anilines is 4. The lowest BCUT2D eigenvalue weighted by atomic mass is 9.89. The molecule has 5 rings (SSSR count). The molecule has 12 heteroatoms. The second kappa shape index (κ2) is 11.5. The fourth-order valence-electron chi connectivity index (χ4n) is 5.47. The highest BCUT2D eigenvalue weighted by Gasteiger charge is 2.39. The third-order valence-electron chi connectivity index (χ3n) is 7.98. The number of nitrogens with zero attached hydrogens (tertiary/aromatic N) is 5. The van der Waals surface area contributed by atoms with E-state index in [2.05, 4.69) is 37.4 Å². The Kier molecular flexibility index (Phi) is 8.01. The van der Waals surface area contributed by atoms with E-state index in [1.165, 1.54) is 12.3 Å². The molecule has 218 valence electrons. The molecular weight excluding hydrogens is 538 g/mol. The Hall–Kier alpha value is -3.96. The Morgan fingerprint density at radius 3 is 2.39 bits per heavy atom. The van der Waals surface area contributed by atoms with E-state index in [4.69, 9.17) is 0 Å². The van der Waals surface area contributed by atoms with Gasteiger partial charge in [-0.1, -0.05) is 25.0 Å². The third kappa shape index (κ3) is 6.52. The predicted molar refractivity (Wildman–Crippen MR) is 150 cm³/mol. The summed E-state index contributed by atoms with van der Waals surface area (Å²) in [4.78, 5) is 28.9. The molecule has 0 unspecified atom stereocenters. The van der Waals surface area contributed by atoms with Crippen molar-refractivity contribution in [2.75, 3.05) is 40.6 Å². The van der Waals surface area contributed by atoms with Gasteiger partial charge in [-0.05, 0) is 56.9 Å². The summed E-state index contributed by atoms with van der Waals surface area (Å²) in [6.07, 6.45) is 2.77. The minimum absolute atomic E-state index is 0.0477. The highest BCUT2D eigenvalue weighted by molar-refractivity contribution is 6.05. The van der Waals surface area contributed by atoms with Gasteiger partial charge < -0.3 is 20.4 Å². The number of halogens is 4. The number of alkyl halides is 3. The summed E-state index contributed by atoms with van der Waals surface area (Å²) < 4.78 is 55.8. The predicted octanol–water partition coefficient (Wildman–Crippen LogP) is 6.13. The normalized spacial score (nSPS) is 17.4. The molecular formula is C29H33F4N7O. The van der Waals surface area contributed by atoms with Crippen molar-refractivity contribution in [3.05, 3.63) is 65.9 Å². The average Bonchev–Trinajstić information content (AvgIpc) is 3.49. The zero-order valence-electron chi connectivity index (χ0n) is 23.0. The van der Waals surface area contributed by atoms with Gasteiger partial charge in [0, 0.05) is 37.9 Å². The molecule has 1 aliphatic carbocycles. The minimum Gasteiger partial charge on any atom is -0.377 e. The van der Waals surface area contributed by atoms with E-state index >= 15 is 0 Å². The van der Waals surface area contributed by atoms with Crippen LogP contribution in [0.5, 0.6) is 0 Å². The largest absolute Gasteiger partial charge is 0.434 e. The van der Waals surface area contributed by atoms with Crippen LogP contribution in [0.3, 0.4) is 0 Å². The molecule has 1 saturated carbocycles. The molecule has 1 saturated heterocycles. The lowest BCUT2D eigenvalue weighted by Crippen LogP contribution is -2.47. The molecule has 2 aliphatic rings. The van der Waals surface area contributed by atoms with E-state index in [1.54, 1.807) is 42.3 Å². The molecule has 1 aliphatic heterocycles. The maximum atomic E-state index is 14.1. The summed E-state index contributed by atoms with van der Waals surface area (Å²) >= 11 is 0. The van der Waals surface area contributed by atoms with Gasteiger partial charge in [0.1, 0.15) is 11.6 Å². The van der Waals surface area contributed by atoms with Crippen molar-refractivity contribution in [3.8, 4) is 0 Å². The molecule has 0 spiro atoms. The van der Waals surface area contributed by atoms with Crippen LogP contribution in [0.25, 0.3) is 0 Å². The summed E-state index contributed by atoms with van der Waals surface area (Å²) in [5, 5.41) is 5.81. The van der Waals surface area contributed by atoms with E-state index in [0.717, 1.165) is 44.7 Å². The number of hydrogen-bond acceptors (Lipinski definition) is 7. The van der Waals surface area contributed by atoms with Gasteiger partial charge >= 0.3 is 6.18 Å². The molecule has 1 aromatic carbocycles. The van der Waals surface area contributed by atoms with Gasteiger partial charge in [-0.25, -0.2) is 19.3 Å². The van der Waals surface area contributed by atoms with Crippen molar-refractivity contribution in [3.63, 3.8) is 0 Å². The first kappa shape index (κ1) is 28.6. The van der Waals surface area contributed by atoms with E-state index in [9.17, 15) is 22.4 Å². The van der Waals surface area contributed by atoms with Gasteiger partial charge in [-0.3, -0.25) is 4.79 Å². The van der Waals surface area contributed by atoms with Gasteiger partial charge in [-0.15, -0.1) is 0 Å². The molecule has 2 N–H and O–H groups in total. The average molecular weight is 572 g/mol. The summed E-state index contributed by atoms with van der Waals surface area (Å²) in [6, 6.07) is 9.97. The number of pyridine rings is 1. The van der Waals surface area contributed by atoms with Crippen LogP contribution in [0.1, 0.15) is 61.5 Å². The quantitative estimate of drug-likeness (QED) is 0.330. The Morgan fingerprint density at radius 1 is 1.05 bits per heavy atom. The maximum Gasteiger partial charge on any atom is 0.434 e. The molecule has 0 atom stereocenters. The lowest BCUT2D eigenvalue weighted by molar-refractivity contribution is -0.141. The molecule has 41 heavy (non-hydrogen) atoms. The van der Waals surface area contributed by atoms with Gasteiger partial charge in [0.15, 0.2) is 5.69 Å². The number of aromatic nitrogens is 3. The van der Waals surface area contributed by atoms with Crippen LogP contribution in [-0.4, -0.2) is 52.6 Å². The van der Waals surface area contributed by atoms with Gasteiger partial charge in [0.25, 0.3) is 5.91 Å². The first-order chi connectivity index (χ1) is 19.5. The van der Waals surface area contributed by atoms with Crippen LogP contribution in [-0.2, 0) is 6.18 Å². The number of para-hydroxylation sites is 1. The molecule has 2 fully saturated rings. The van der Waals surface area contributed by atoms with E-state index in [-0.39, 0.29) is 29.0 Å². The Morgan fingerprint density at radius 2 is 1.76 bits per heavy atom. The minimum atomic E-state index is -4.83. The lowest BCUT2D eigenvalue weighted by Gasteiger charge is -2.41. The summed E-state index contributed by atoms with van der Waals surface area (Å²) in [5.41, 5.74) is -1.48. The number of hydrogen-bond donors (Lipinski definition) is 2. The smallest absolute Gasteiger partial charge is 0.377 e. The van der Waals surface area contributed by atoms with Gasteiger partial charge in [0.05, 0.1) is 23.1 Å². The van der Waals surface area contributed by atoms with Crippen molar-refractivity contribution in [2.24, 2.45) is 0 Å². The second-order valence-corrected chi connectivity index (χ2v) is 11.0. The summed E-state index contributed by atoms with van der Waals surface area (Å²) in [7, 11) is 1.68. The first-order valence-electron chi connectivity index (χ1n) is 13.7. The van der Waals surface area contributed by atoms with Crippen molar-refractivity contribution in [1.82, 2.24) is 15.0 Å². The molecule has 8 nitrogen and oxygen atoms in total. The van der Waals surface area contributed by atoms with Gasteiger partial charge in [-0.2, -0.15) is 13.2 Å². The SMILES string of the molecule is CN(c1ncc(C(=O)Nc2ccc(N3CCC(C)(Nc4ccccc4F)CC3)nc2)c(C(F)(F)F)n1)C1CCCC1. The zero-order chi connectivity index (χ0) is 29.2. The van der Waals surface area contributed by atoms with Crippen LogP contribution < -0.4 is 20.4 Å². The van der Waals surface area contributed by atoms with Crippen molar-refractivity contribution in [2.45, 2.75) is 63.2 Å².